The van der Waals surface area contributed by atoms with Gasteiger partial charge >= 0.3 is 0 Å². The van der Waals surface area contributed by atoms with Crippen LogP contribution in [0.4, 0.5) is 0 Å². The molecule has 2 aromatic carbocycles. The van der Waals surface area contributed by atoms with Gasteiger partial charge in [0.25, 0.3) is 0 Å². The standard InChI is InChI=1S/C15H15BrO/c1-3-15(2)9-13-12-6-5-11(16)8-10(12)4-7-14(13)17-15/h4-8H,3,9H2,1-2H3. The summed E-state index contributed by atoms with van der Waals surface area (Å²) < 4.78 is 7.20. The lowest BCUT2D eigenvalue weighted by Crippen LogP contribution is -2.28. The summed E-state index contributed by atoms with van der Waals surface area (Å²) in [6.07, 6.45) is 2.05. The molecule has 0 amide bonds. The van der Waals surface area contributed by atoms with E-state index in [1.165, 1.54) is 16.3 Å². The van der Waals surface area contributed by atoms with Gasteiger partial charge in [0.1, 0.15) is 11.4 Å². The molecule has 0 N–H and O–H groups in total. The Labute approximate surface area is 110 Å². The first-order valence-electron chi connectivity index (χ1n) is 6.01. The van der Waals surface area contributed by atoms with Crippen molar-refractivity contribution in [2.75, 3.05) is 0 Å². The fourth-order valence-electron chi connectivity index (χ4n) is 2.50. The summed E-state index contributed by atoms with van der Waals surface area (Å²) in [4.78, 5) is 0. The predicted octanol–water partition coefficient (Wildman–Crippen LogP) is 4.71. The number of ether oxygens (including phenoxy) is 1. The van der Waals surface area contributed by atoms with Gasteiger partial charge in [-0.3, -0.25) is 0 Å². The molecule has 88 valence electrons. The molecule has 1 aliphatic rings. The lowest BCUT2D eigenvalue weighted by Gasteiger charge is -2.21. The molecular formula is C15H15BrO. The number of hydrogen-bond donors (Lipinski definition) is 0. The Hall–Kier alpha value is -1.02. The molecule has 17 heavy (non-hydrogen) atoms. The summed E-state index contributed by atoms with van der Waals surface area (Å²) in [6, 6.07) is 10.7. The average Bonchev–Trinajstić information content (AvgIpc) is 2.66. The van der Waals surface area contributed by atoms with Crippen molar-refractivity contribution in [2.24, 2.45) is 0 Å². The lowest BCUT2D eigenvalue weighted by molar-refractivity contribution is 0.112. The van der Waals surface area contributed by atoms with Gasteiger partial charge in [-0.2, -0.15) is 0 Å². The van der Waals surface area contributed by atoms with E-state index in [0.29, 0.717) is 0 Å². The fraction of sp³-hybridized carbons (Fsp3) is 0.333. The van der Waals surface area contributed by atoms with Gasteiger partial charge in [0.05, 0.1) is 0 Å². The molecule has 1 aliphatic heterocycles. The highest BCUT2D eigenvalue weighted by Gasteiger charge is 2.33. The van der Waals surface area contributed by atoms with Crippen LogP contribution < -0.4 is 4.74 Å². The highest BCUT2D eigenvalue weighted by atomic mass is 79.9. The molecule has 0 spiro atoms. The lowest BCUT2D eigenvalue weighted by atomic mass is 9.93. The topological polar surface area (TPSA) is 9.23 Å². The third-order valence-corrected chi connectivity index (χ3v) is 4.20. The van der Waals surface area contributed by atoms with Gasteiger partial charge in [-0.1, -0.05) is 35.0 Å². The van der Waals surface area contributed by atoms with Crippen LogP contribution in [0.5, 0.6) is 5.75 Å². The Morgan fingerprint density at radius 2 is 2.12 bits per heavy atom. The van der Waals surface area contributed by atoms with Gasteiger partial charge in [0.15, 0.2) is 0 Å². The van der Waals surface area contributed by atoms with E-state index in [4.69, 9.17) is 4.74 Å². The van der Waals surface area contributed by atoms with Gasteiger partial charge in [0.2, 0.25) is 0 Å². The molecule has 1 unspecified atom stereocenters. The monoisotopic (exact) mass is 290 g/mol. The van der Waals surface area contributed by atoms with E-state index in [0.717, 1.165) is 23.1 Å². The Kier molecular flexibility index (Phi) is 2.44. The molecule has 1 heterocycles. The van der Waals surface area contributed by atoms with Gasteiger partial charge in [-0.05, 0) is 42.3 Å². The van der Waals surface area contributed by atoms with Crippen molar-refractivity contribution in [1.82, 2.24) is 0 Å². The Balaban J connectivity index is 2.20. The fourth-order valence-corrected chi connectivity index (χ4v) is 2.87. The maximum Gasteiger partial charge on any atom is 0.124 e. The maximum absolute atomic E-state index is 6.07. The van der Waals surface area contributed by atoms with E-state index >= 15 is 0 Å². The molecule has 2 aromatic rings. The normalized spacial score (nSPS) is 22.5. The molecular weight excluding hydrogens is 276 g/mol. The molecule has 3 rings (SSSR count). The quantitative estimate of drug-likeness (QED) is 0.739. The van der Waals surface area contributed by atoms with Crippen molar-refractivity contribution in [3.63, 3.8) is 0 Å². The molecule has 0 saturated carbocycles. The van der Waals surface area contributed by atoms with Gasteiger partial charge in [0, 0.05) is 16.5 Å². The van der Waals surface area contributed by atoms with Gasteiger partial charge in [-0.25, -0.2) is 0 Å². The molecule has 0 radical (unpaired) electrons. The molecule has 0 bridgehead atoms. The Morgan fingerprint density at radius 1 is 1.29 bits per heavy atom. The second-order valence-corrected chi connectivity index (χ2v) is 5.91. The zero-order chi connectivity index (χ0) is 12.0. The molecule has 0 aliphatic carbocycles. The van der Waals surface area contributed by atoms with E-state index in [1.807, 2.05) is 0 Å². The molecule has 0 aromatic heterocycles. The van der Waals surface area contributed by atoms with Gasteiger partial charge < -0.3 is 4.74 Å². The molecule has 1 nitrogen and oxygen atoms in total. The van der Waals surface area contributed by atoms with Crippen molar-refractivity contribution >= 4 is 26.7 Å². The molecule has 0 saturated heterocycles. The van der Waals surface area contributed by atoms with Gasteiger partial charge in [-0.15, -0.1) is 0 Å². The minimum absolute atomic E-state index is 0.0241. The maximum atomic E-state index is 6.07. The third-order valence-electron chi connectivity index (χ3n) is 3.71. The van der Waals surface area contributed by atoms with Crippen LogP contribution in [-0.4, -0.2) is 5.60 Å². The summed E-state index contributed by atoms with van der Waals surface area (Å²) in [5.41, 5.74) is 1.34. The summed E-state index contributed by atoms with van der Waals surface area (Å²) in [6.45, 7) is 4.38. The summed E-state index contributed by atoms with van der Waals surface area (Å²) in [5.74, 6) is 1.06. The first-order chi connectivity index (χ1) is 8.11. The van der Waals surface area contributed by atoms with Crippen LogP contribution >= 0.6 is 15.9 Å². The number of hydrogen-bond acceptors (Lipinski definition) is 1. The number of benzene rings is 2. The van der Waals surface area contributed by atoms with Crippen LogP contribution in [0.1, 0.15) is 25.8 Å². The zero-order valence-corrected chi connectivity index (χ0v) is 11.7. The van der Waals surface area contributed by atoms with E-state index in [1.54, 1.807) is 0 Å². The molecule has 0 fully saturated rings. The smallest absolute Gasteiger partial charge is 0.124 e. The Bertz CT molecular complexity index is 591. The zero-order valence-electron chi connectivity index (χ0n) is 10.1. The third kappa shape index (κ3) is 1.75. The van der Waals surface area contributed by atoms with Crippen LogP contribution in [0.25, 0.3) is 10.8 Å². The van der Waals surface area contributed by atoms with Crippen LogP contribution in [0.2, 0.25) is 0 Å². The highest BCUT2D eigenvalue weighted by molar-refractivity contribution is 9.10. The SMILES string of the molecule is CCC1(C)Cc2c(ccc3cc(Br)ccc23)O1. The van der Waals surface area contributed by atoms with Crippen molar-refractivity contribution in [3.8, 4) is 5.75 Å². The van der Waals surface area contributed by atoms with E-state index < -0.39 is 0 Å². The second kappa shape index (κ2) is 3.74. The minimum atomic E-state index is -0.0241. The summed E-state index contributed by atoms with van der Waals surface area (Å²) in [5, 5.41) is 2.60. The first-order valence-corrected chi connectivity index (χ1v) is 6.81. The summed E-state index contributed by atoms with van der Waals surface area (Å²) in [7, 11) is 0. The van der Waals surface area contributed by atoms with Crippen LogP contribution in [-0.2, 0) is 6.42 Å². The van der Waals surface area contributed by atoms with Crippen molar-refractivity contribution in [3.05, 3.63) is 40.4 Å². The largest absolute Gasteiger partial charge is 0.487 e. The predicted molar refractivity (Wildman–Crippen MR) is 74.7 cm³/mol. The number of rotatable bonds is 1. The second-order valence-electron chi connectivity index (χ2n) is 4.99. The highest BCUT2D eigenvalue weighted by Crippen LogP contribution is 2.41. The Morgan fingerprint density at radius 3 is 2.88 bits per heavy atom. The average molecular weight is 291 g/mol. The summed E-state index contributed by atoms with van der Waals surface area (Å²) >= 11 is 3.52. The molecule has 1 atom stereocenters. The molecule has 2 heteroatoms. The van der Waals surface area contributed by atoms with Crippen LogP contribution in [0, 0.1) is 0 Å². The van der Waals surface area contributed by atoms with Crippen molar-refractivity contribution in [1.29, 1.82) is 0 Å². The number of fused-ring (bicyclic) bond motifs is 3. The minimum Gasteiger partial charge on any atom is -0.487 e. The van der Waals surface area contributed by atoms with Crippen molar-refractivity contribution in [2.45, 2.75) is 32.3 Å². The number of halogens is 1. The van der Waals surface area contributed by atoms with Crippen LogP contribution in [0.15, 0.2) is 34.8 Å². The van der Waals surface area contributed by atoms with E-state index in [9.17, 15) is 0 Å². The first kappa shape index (κ1) is 11.1. The van der Waals surface area contributed by atoms with E-state index in [2.05, 4.69) is 60.1 Å². The van der Waals surface area contributed by atoms with E-state index in [-0.39, 0.29) is 5.60 Å². The van der Waals surface area contributed by atoms with Crippen LogP contribution in [0.3, 0.4) is 0 Å². The van der Waals surface area contributed by atoms with Crippen molar-refractivity contribution < 1.29 is 4.74 Å².